The quantitative estimate of drug-likeness (QED) is 0.728. The summed E-state index contributed by atoms with van der Waals surface area (Å²) in [5.41, 5.74) is 7.14. The average Bonchev–Trinajstić information content (AvgIpc) is 2.30. The molecule has 19 heavy (non-hydrogen) atoms. The molecule has 1 rings (SSSR count). The molecule has 0 radical (unpaired) electrons. The van der Waals surface area contributed by atoms with Gasteiger partial charge in [-0.1, -0.05) is 26.0 Å². The van der Waals surface area contributed by atoms with Gasteiger partial charge in [0.15, 0.2) is 0 Å². The molecule has 0 bridgehead atoms. The molecule has 1 atom stereocenters. The molecule has 0 aliphatic carbocycles. The maximum atomic E-state index is 11.5. The van der Waals surface area contributed by atoms with Gasteiger partial charge in [0.1, 0.15) is 6.04 Å². The zero-order chi connectivity index (χ0) is 14.4. The fourth-order valence-corrected chi connectivity index (χ4v) is 1.69. The summed E-state index contributed by atoms with van der Waals surface area (Å²) in [5.74, 6) is -0.997. The number of rotatable bonds is 6. The third-order valence-corrected chi connectivity index (χ3v) is 2.60. The summed E-state index contributed by atoms with van der Waals surface area (Å²) in [6.07, 6.45) is 0.751. The highest BCUT2D eigenvalue weighted by Crippen LogP contribution is 2.13. The van der Waals surface area contributed by atoms with E-state index in [0.717, 1.165) is 6.42 Å². The normalized spacial score (nSPS) is 12.2. The summed E-state index contributed by atoms with van der Waals surface area (Å²) in [6.45, 7) is 4.28. The first-order valence-corrected chi connectivity index (χ1v) is 6.25. The van der Waals surface area contributed by atoms with Gasteiger partial charge in [-0.25, -0.2) is 0 Å². The summed E-state index contributed by atoms with van der Waals surface area (Å²) in [5, 5.41) is 11.2. The molecule has 1 amide bonds. The van der Waals surface area contributed by atoms with Gasteiger partial charge in [0.05, 0.1) is 6.42 Å². The van der Waals surface area contributed by atoms with Crippen LogP contribution >= 0.6 is 0 Å². The molecule has 0 aliphatic heterocycles. The lowest BCUT2D eigenvalue weighted by Gasteiger charge is -2.09. The van der Waals surface area contributed by atoms with Gasteiger partial charge >= 0.3 is 5.97 Å². The molecule has 0 aliphatic rings. The van der Waals surface area contributed by atoms with Crippen molar-refractivity contribution in [3.8, 4) is 0 Å². The lowest BCUT2D eigenvalue weighted by Crippen LogP contribution is -2.34. The van der Waals surface area contributed by atoms with E-state index in [-0.39, 0.29) is 6.42 Å². The fourth-order valence-electron chi connectivity index (χ4n) is 1.69. The lowest BCUT2D eigenvalue weighted by molar-refractivity contribution is -0.140. The van der Waals surface area contributed by atoms with Gasteiger partial charge in [-0.05, 0) is 30.0 Å². The Kier molecular flexibility index (Phi) is 5.51. The monoisotopic (exact) mass is 264 g/mol. The molecular formula is C14H20N2O3. The van der Waals surface area contributed by atoms with Crippen LogP contribution in [0.2, 0.25) is 0 Å². The number of carboxylic acid groups (broad SMARTS) is 1. The number of nitrogens with one attached hydrogen (secondary N) is 1. The van der Waals surface area contributed by atoms with Crippen molar-refractivity contribution in [1.29, 1.82) is 0 Å². The number of amides is 1. The van der Waals surface area contributed by atoms with Crippen molar-refractivity contribution in [2.24, 2.45) is 11.7 Å². The summed E-state index contributed by atoms with van der Waals surface area (Å²) in [7, 11) is 0. The summed E-state index contributed by atoms with van der Waals surface area (Å²) >= 11 is 0. The number of benzene rings is 1. The predicted octanol–water partition coefficient (Wildman–Crippen LogP) is 1.63. The van der Waals surface area contributed by atoms with E-state index in [4.69, 9.17) is 10.8 Å². The van der Waals surface area contributed by atoms with E-state index in [1.807, 2.05) is 24.3 Å². The number of carbonyl (C=O) groups excluding carboxylic acids is 1. The van der Waals surface area contributed by atoms with Gasteiger partial charge in [-0.15, -0.1) is 0 Å². The number of carboxylic acids is 1. The highest BCUT2D eigenvalue weighted by Gasteiger charge is 2.16. The van der Waals surface area contributed by atoms with Crippen molar-refractivity contribution in [1.82, 2.24) is 0 Å². The summed E-state index contributed by atoms with van der Waals surface area (Å²) in [4.78, 5) is 22.1. The molecule has 0 aromatic heterocycles. The first-order valence-electron chi connectivity index (χ1n) is 6.25. The Balaban J connectivity index is 2.53. The Morgan fingerprint density at radius 2 is 1.84 bits per heavy atom. The molecular weight excluding hydrogens is 244 g/mol. The van der Waals surface area contributed by atoms with Crippen molar-refractivity contribution in [2.75, 3.05) is 5.32 Å². The van der Waals surface area contributed by atoms with Crippen LogP contribution in [0.5, 0.6) is 0 Å². The van der Waals surface area contributed by atoms with E-state index in [1.54, 1.807) is 0 Å². The van der Waals surface area contributed by atoms with E-state index in [9.17, 15) is 9.59 Å². The second kappa shape index (κ2) is 6.89. The molecule has 1 aromatic carbocycles. The highest BCUT2D eigenvalue weighted by atomic mass is 16.4. The smallest absolute Gasteiger partial charge is 0.321 e. The molecule has 5 nitrogen and oxygen atoms in total. The molecule has 0 saturated heterocycles. The molecule has 0 heterocycles. The van der Waals surface area contributed by atoms with Crippen molar-refractivity contribution in [3.05, 3.63) is 29.8 Å². The van der Waals surface area contributed by atoms with E-state index in [1.165, 1.54) is 5.56 Å². The number of carbonyl (C=O) groups is 2. The Morgan fingerprint density at radius 1 is 1.26 bits per heavy atom. The van der Waals surface area contributed by atoms with E-state index < -0.39 is 17.9 Å². The average molecular weight is 264 g/mol. The van der Waals surface area contributed by atoms with Gasteiger partial charge in [-0.3, -0.25) is 9.59 Å². The van der Waals surface area contributed by atoms with Gasteiger partial charge < -0.3 is 16.2 Å². The fraction of sp³-hybridized carbons (Fsp3) is 0.429. The van der Waals surface area contributed by atoms with Crippen LogP contribution < -0.4 is 11.1 Å². The molecule has 0 fully saturated rings. The minimum absolute atomic E-state index is 0.233. The molecule has 5 heteroatoms. The molecule has 0 saturated carbocycles. The van der Waals surface area contributed by atoms with Crippen molar-refractivity contribution >= 4 is 17.6 Å². The van der Waals surface area contributed by atoms with Crippen LogP contribution in [0.15, 0.2) is 24.3 Å². The second-order valence-electron chi connectivity index (χ2n) is 4.99. The van der Waals surface area contributed by atoms with E-state index >= 15 is 0 Å². The first-order chi connectivity index (χ1) is 8.88. The maximum absolute atomic E-state index is 11.5. The highest BCUT2D eigenvalue weighted by molar-refractivity contribution is 5.93. The first kappa shape index (κ1) is 15.2. The SMILES string of the molecule is CC(C)Cc1ccc(NC(=O)CC(N)C(=O)O)cc1. The Morgan fingerprint density at radius 3 is 2.32 bits per heavy atom. The Bertz CT molecular complexity index is 441. The van der Waals surface area contributed by atoms with Crippen LogP contribution in [-0.2, 0) is 16.0 Å². The van der Waals surface area contributed by atoms with Gasteiger partial charge in [0.2, 0.25) is 5.91 Å². The van der Waals surface area contributed by atoms with Crippen molar-refractivity contribution < 1.29 is 14.7 Å². The molecule has 0 spiro atoms. The molecule has 104 valence electrons. The van der Waals surface area contributed by atoms with Crippen LogP contribution in [-0.4, -0.2) is 23.0 Å². The van der Waals surface area contributed by atoms with Gasteiger partial charge in [0.25, 0.3) is 0 Å². The minimum Gasteiger partial charge on any atom is -0.480 e. The molecule has 4 N–H and O–H groups in total. The van der Waals surface area contributed by atoms with Crippen LogP contribution in [0.4, 0.5) is 5.69 Å². The maximum Gasteiger partial charge on any atom is 0.321 e. The van der Waals surface area contributed by atoms with Gasteiger partial charge in [-0.2, -0.15) is 0 Å². The zero-order valence-corrected chi connectivity index (χ0v) is 11.2. The number of aliphatic carboxylic acids is 1. The van der Waals surface area contributed by atoms with Crippen LogP contribution in [0.1, 0.15) is 25.8 Å². The van der Waals surface area contributed by atoms with Gasteiger partial charge in [0, 0.05) is 5.69 Å². The summed E-state index contributed by atoms with van der Waals surface area (Å²) in [6, 6.07) is 6.35. The van der Waals surface area contributed by atoms with Crippen LogP contribution in [0.3, 0.4) is 0 Å². The number of hydrogen-bond acceptors (Lipinski definition) is 3. The Labute approximate surface area is 112 Å². The van der Waals surface area contributed by atoms with E-state index in [0.29, 0.717) is 11.6 Å². The minimum atomic E-state index is -1.18. The van der Waals surface area contributed by atoms with E-state index in [2.05, 4.69) is 19.2 Å². The largest absolute Gasteiger partial charge is 0.480 e. The standard InChI is InChI=1S/C14H20N2O3/c1-9(2)7-10-3-5-11(6-4-10)16-13(17)8-12(15)14(18)19/h3-6,9,12H,7-8,15H2,1-2H3,(H,16,17)(H,18,19). The van der Waals surface area contributed by atoms with Crippen LogP contribution in [0.25, 0.3) is 0 Å². The number of anilines is 1. The zero-order valence-electron chi connectivity index (χ0n) is 11.2. The third kappa shape index (κ3) is 5.52. The van der Waals surface area contributed by atoms with Crippen molar-refractivity contribution in [3.63, 3.8) is 0 Å². The topological polar surface area (TPSA) is 92.4 Å². The number of nitrogens with two attached hydrogens (primary N) is 1. The van der Waals surface area contributed by atoms with Crippen LogP contribution in [0, 0.1) is 5.92 Å². The lowest BCUT2D eigenvalue weighted by atomic mass is 10.0. The summed E-state index contributed by atoms with van der Waals surface area (Å²) < 4.78 is 0. The molecule has 1 aromatic rings. The number of hydrogen-bond donors (Lipinski definition) is 3. The van der Waals surface area contributed by atoms with Crippen molar-refractivity contribution in [2.45, 2.75) is 32.7 Å². The molecule has 1 unspecified atom stereocenters. The second-order valence-corrected chi connectivity index (χ2v) is 4.99. The third-order valence-electron chi connectivity index (χ3n) is 2.60. The Hall–Kier alpha value is -1.88. The predicted molar refractivity (Wildman–Crippen MR) is 73.8 cm³/mol.